The topological polar surface area (TPSA) is 20.2 Å². The third kappa shape index (κ3) is 1.95. The molecule has 0 aliphatic rings. The van der Waals surface area contributed by atoms with Crippen LogP contribution in [0, 0.1) is 3.57 Å². The van der Waals surface area contributed by atoms with Gasteiger partial charge in [-0.1, -0.05) is 37.6 Å². The Balaban J connectivity index is 2.71. The molecule has 0 heterocycles. The summed E-state index contributed by atoms with van der Waals surface area (Å²) in [5.41, 5.74) is 1.06. The van der Waals surface area contributed by atoms with Gasteiger partial charge in [-0.2, -0.15) is 0 Å². The van der Waals surface area contributed by atoms with E-state index in [-0.39, 0.29) is 0 Å². The van der Waals surface area contributed by atoms with E-state index >= 15 is 0 Å². The van der Waals surface area contributed by atoms with Gasteiger partial charge in [0.2, 0.25) is 0 Å². The molecule has 0 unspecified atom stereocenters. The number of phenols is 1. The first-order chi connectivity index (χ1) is 7.24. The molecule has 1 nitrogen and oxygen atoms in total. The molecule has 0 amide bonds. The Kier molecular flexibility index (Phi) is 3.14. The molecule has 0 fully saturated rings. The summed E-state index contributed by atoms with van der Waals surface area (Å²) >= 11 is 2.22. The van der Waals surface area contributed by atoms with E-state index in [1.807, 2.05) is 18.2 Å². The van der Waals surface area contributed by atoms with Gasteiger partial charge >= 0.3 is 0 Å². The minimum absolute atomic E-state index is 0.455. The third-order valence-corrected chi connectivity index (χ3v) is 3.65. The van der Waals surface area contributed by atoms with Crippen molar-refractivity contribution in [3.8, 4) is 5.75 Å². The number of fused-ring (bicyclic) bond motifs is 1. The van der Waals surface area contributed by atoms with Crippen LogP contribution in [0.2, 0.25) is 0 Å². The summed E-state index contributed by atoms with van der Waals surface area (Å²) in [4.78, 5) is 0. The normalized spacial score (nSPS) is 10.8. The van der Waals surface area contributed by atoms with Gasteiger partial charge in [0, 0.05) is 0 Å². The standard InChI is InChI=1S/C13H13IO/c1-2-5-10-8-9-6-3-4-7-11(9)12(14)13(10)15/h3-4,6-8,15H,2,5H2,1H3. The van der Waals surface area contributed by atoms with Crippen LogP contribution in [0.1, 0.15) is 18.9 Å². The van der Waals surface area contributed by atoms with Crippen molar-refractivity contribution in [1.82, 2.24) is 0 Å². The van der Waals surface area contributed by atoms with Crippen molar-refractivity contribution < 1.29 is 5.11 Å². The highest BCUT2D eigenvalue weighted by Crippen LogP contribution is 2.32. The second-order valence-electron chi connectivity index (χ2n) is 3.67. The van der Waals surface area contributed by atoms with E-state index in [1.165, 1.54) is 5.39 Å². The number of phenolic OH excluding ortho intramolecular Hbond substituents is 1. The summed E-state index contributed by atoms with van der Waals surface area (Å²) in [5.74, 6) is 0.455. The first kappa shape index (κ1) is 10.7. The van der Waals surface area contributed by atoms with Crippen LogP contribution in [0.5, 0.6) is 5.75 Å². The molecule has 0 saturated heterocycles. The van der Waals surface area contributed by atoms with E-state index in [4.69, 9.17) is 0 Å². The van der Waals surface area contributed by atoms with Crippen molar-refractivity contribution in [2.24, 2.45) is 0 Å². The van der Waals surface area contributed by atoms with Crippen molar-refractivity contribution in [3.63, 3.8) is 0 Å². The minimum Gasteiger partial charge on any atom is -0.507 e. The largest absolute Gasteiger partial charge is 0.507 e. The van der Waals surface area contributed by atoms with Gasteiger partial charge in [0.25, 0.3) is 0 Å². The molecule has 78 valence electrons. The maximum atomic E-state index is 10.0. The number of hydrogen-bond donors (Lipinski definition) is 1. The molecule has 2 aromatic carbocycles. The SMILES string of the molecule is CCCc1cc2ccccc2c(I)c1O. The first-order valence-electron chi connectivity index (χ1n) is 5.13. The molecule has 0 spiro atoms. The highest BCUT2D eigenvalue weighted by atomic mass is 127. The summed E-state index contributed by atoms with van der Waals surface area (Å²) in [6.45, 7) is 2.13. The molecule has 0 atom stereocenters. The number of rotatable bonds is 2. The van der Waals surface area contributed by atoms with Gasteiger partial charge in [0.05, 0.1) is 3.57 Å². The Bertz CT molecular complexity index is 491. The van der Waals surface area contributed by atoms with Crippen molar-refractivity contribution >= 4 is 33.4 Å². The Morgan fingerprint density at radius 1 is 1.27 bits per heavy atom. The highest BCUT2D eigenvalue weighted by Gasteiger charge is 2.08. The second-order valence-corrected chi connectivity index (χ2v) is 4.75. The molecule has 15 heavy (non-hydrogen) atoms. The monoisotopic (exact) mass is 312 g/mol. The van der Waals surface area contributed by atoms with Crippen LogP contribution in [0.4, 0.5) is 0 Å². The van der Waals surface area contributed by atoms with Crippen LogP contribution < -0.4 is 0 Å². The molecular weight excluding hydrogens is 299 g/mol. The molecule has 0 aliphatic carbocycles. The van der Waals surface area contributed by atoms with E-state index in [0.29, 0.717) is 5.75 Å². The van der Waals surface area contributed by atoms with Gasteiger partial charge in [-0.05, 0) is 51.4 Å². The van der Waals surface area contributed by atoms with Crippen molar-refractivity contribution in [3.05, 3.63) is 39.5 Å². The summed E-state index contributed by atoms with van der Waals surface area (Å²) in [7, 11) is 0. The summed E-state index contributed by atoms with van der Waals surface area (Å²) in [6.07, 6.45) is 1.99. The quantitative estimate of drug-likeness (QED) is 0.828. The summed E-state index contributed by atoms with van der Waals surface area (Å²) < 4.78 is 0.967. The number of hydrogen-bond acceptors (Lipinski definition) is 1. The fraction of sp³-hybridized carbons (Fsp3) is 0.231. The third-order valence-electron chi connectivity index (χ3n) is 2.56. The highest BCUT2D eigenvalue weighted by molar-refractivity contribution is 14.1. The van der Waals surface area contributed by atoms with E-state index in [2.05, 4.69) is 41.6 Å². The molecule has 0 aliphatic heterocycles. The molecule has 1 N–H and O–H groups in total. The van der Waals surface area contributed by atoms with Crippen LogP contribution in [0.15, 0.2) is 30.3 Å². The zero-order chi connectivity index (χ0) is 10.8. The molecule has 2 aromatic rings. The van der Waals surface area contributed by atoms with Crippen molar-refractivity contribution in [2.45, 2.75) is 19.8 Å². The smallest absolute Gasteiger partial charge is 0.132 e. The summed E-state index contributed by atoms with van der Waals surface area (Å²) in [6, 6.07) is 10.3. The average molecular weight is 312 g/mol. The maximum Gasteiger partial charge on any atom is 0.132 e. The molecular formula is C13H13IO. The Morgan fingerprint density at radius 3 is 2.73 bits per heavy atom. The first-order valence-corrected chi connectivity index (χ1v) is 6.21. The number of aryl methyl sites for hydroxylation is 1. The predicted octanol–water partition coefficient (Wildman–Crippen LogP) is 4.10. The van der Waals surface area contributed by atoms with Crippen LogP contribution in [0.25, 0.3) is 10.8 Å². The second kappa shape index (κ2) is 4.39. The van der Waals surface area contributed by atoms with Crippen molar-refractivity contribution in [2.75, 3.05) is 0 Å². The van der Waals surface area contributed by atoms with Crippen LogP contribution in [-0.2, 0) is 6.42 Å². The maximum absolute atomic E-state index is 10.0. The van der Waals surface area contributed by atoms with E-state index < -0.39 is 0 Å². The minimum atomic E-state index is 0.455. The van der Waals surface area contributed by atoms with Crippen molar-refractivity contribution in [1.29, 1.82) is 0 Å². The van der Waals surface area contributed by atoms with E-state index in [9.17, 15) is 5.11 Å². The zero-order valence-corrected chi connectivity index (χ0v) is 10.8. The van der Waals surface area contributed by atoms with Gasteiger partial charge in [-0.15, -0.1) is 0 Å². The predicted molar refractivity (Wildman–Crippen MR) is 72.3 cm³/mol. The fourth-order valence-corrected chi connectivity index (χ4v) is 2.64. The van der Waals surface area contributed by atoms with Gasteiger partial charge in [-0.25, -0.2) is 0 Å². The molecule has 0 bridgehead atoms. The van der Waals surface area contributed by atoms with Crippen LogP contribution >= 0.6 is 22.6 Å². The fourth-order valence-electron chi connectivity index (χ4n) is 1.81. The molecule has 0 saturated carbocycles. The zero-order valence-electron chi connectivity index (χ0n) is 8.63. The Morgan fingerprint density at radius 2 is 2.00 bits per heavy atom. The lowest BCUT2D eigenvalue weighted by molar-refractivity contribution is 0.465. The van der Waals surface area contributed by atoms with Gasteiger partial charge in [0.15, 0.2) is 0 Å². The van der Waals surface area contributed by atoms with Crippen LogP contribution in [0.3, 0.4) is 0 Å². The lowest BCUT2D eigenvalue weighted by atomic mass is 10.0. The Labute approximate surface area is 103 Å². The van der Waals surface area contributed by atoms with Gasteiger partial charge in [-0.3, -0.25) is 0 Å². The molecule has 0 aromatic heterocycles. The molecule has 2 heteroatoms. The number of aromatic hydroxyl groups is 1. The lowest BCUT2D eigenvalue weighted by Gasteiger charge is -2.09. The lowest BCUT2D eigenvalue weighted by Crippen LogP contribution is -1.89. The van der Waals surface area contributed by atoms with Gasteiger partial charge in [0.1, 0.15) is 5.75 Å². The average Bonchev–Trinajstić information content (AvgIpc) is 2.26. The van der Waals surface area contributed by atoms with E-state index in [0.717, 1.165) is 27.4 Å². The van der Waals surface area contributed by atoms with Gasteiger partial charge < -0.3 is 5.11 Å². The number of halogens is 1. The Hall–Kier alpha value is -0.770. The number of benzene rings is 2. The molecule has 2 rings (SSSR count). The van der Waals surface area contributed by atoms with Crippen LogP contribution in [-0.4, -0.2) is 5.11 Å². The van der Waals surface area contributed by atoms with E-state index in [1.54, 1.807) is 0 Å². The summed E-state index contributed by atoms with van der Waals surface area (Å²) in [5, 5.41) is 12.4. The molecule has 0 radical (unpaired) electrons.